The molecule has 0 aromatic heterocycles. The zero-order valence-corrected chi connectivity index (χ0v) is 20.1. The van der Waals surface area contributed by atoms with Crippen molar-refractivity contribution >= 4 is 29.7 Å². The van der Waals surface area contributed by atoms with Gasteiger partial charge in [-0.05, 0) is 36.5 Å². The first-order chi connectivity index (χ1) is 16.8. The molecule has 1 aromatic carbocycles. The van der Waals surface area contributed by atoms with Crippen LogP contribution in [0.3, 0.4) is 0 Å². The zero-order chi connectivity index (χ0) is 27.4. The largest absolute Gasteiger partial charge is 0.508 e. The number of phenols is 1. The second-order valence-electron chi connectivity index (χ2n) is 8.74. The van der Waals surface area contributed by atoms with E-state index in [2.05, 4.69) is 16.0 Å². The molecule has 0 fully saturated rings. The summed E-state index contributed by atoms with van der Waals surface area (Å²) in [6.07, 6.45) is -0.387. The van der Waals surface area contributed by atoms with Gasteiger partial charge < -0.3 is 42.1 Å². The lowest BCUT2D eigenvalue weighted by Gasteiger charge is -2.26. The number of nitrogens with one attached hydrogen (secondary N) is 3. The molecule has 0 heterocycles. The first-order valence-electron chi connectivity index (χ1n) is 11.3. The molecule has 0 bridgehead atoms. The summed E-state index contributed by atoms with van der Waals surface area (Å²) in [5.41, 5.74) is 6.27. The molecule has 0 aliphatic heterocycles. The molecule has 36 heavy (non-hydrogen) atoms. The van der Waals surface area contributed by atoms with E-state index >= 15 is 0 Å². The maximum atomic E-state index is 13.1. The van der Waals surface area contributed by atoms with E-state index in [1.54, 1.807) is 13.8 Å². The Balaban J connectivity index is 3.09. The fourth-order valence-corrected chi connectivity index (χ4v) is 3.20. The Morgan fingerprint density at radius 3 is 1.89 bits per heavy atom. The highest BCUT2D eigenvalue weighted by atomic mass is 16.4. The molecular formula is C23H34N4O9. The van der Waals surface area contributed by atoms with E-state index in [4.69, 9.17) is 15.9 Å². The number of carbonyl (C=O) groups excluding carboxylic acids is 3. The number of aliphatic hydroxyl groups excluding tert-OH is 1. The van der Waals surface area contributed by atoms with Crippen molar-refractivity contribution in [3.63, 3.8) is 0 Å². The summed E-state index contributed by atoms with van der Waals surface area (Å²) in [4.78, 5) is 60.4. The fraction of sp³-hybridized carbons (Fsp3) is 0.522. The molecule has 9 N–H and O–H groups in total. The third-order valence-electron chi connectivity index (χ3n) is 5.15. The van der Waals surface area contributed by atoms with Crippen molar-refractivity contribution < 1.29 is 44.4 Å². The maximum Gasteiger partial charge on any atom is 0.328 e. The van der Waals surface area contributed by atoms with Crippen LogP contribution in [0, 0.1) is 5.92 Å². The van der Waals surface area contributed by atoms with E-state index in [0.29, 0.717) is 5.56 Å². The quantitative estimate of drug-likeness (QED) is 0.139. The van der Waals surface area contributed by atoms with Crippen molar-refractivity contribution in [3.8, 4) is 5.75 Å². The van der Waals surface area contributed by atoms with Crippen LogP contribution in [0.2, 0.25) is 0 Å². The van der Waals surface area contributed by atoms with Crippen LogP contribution in [0.15, 0.2) is 24.3 Å². The molecule has 4 unspecified atom stereocenters. The van der Waals surface area contributed by atoms with Crippen molar-refractivity contribution in [3.05, 3.63) is 29.8 Å². The Bertz CT molecular complexity index is 921. The van der Waals surface area contributed by atoms with Crippen molar-refractivity contribution in [2.45, 2.75) is 63.7 Å². The minimum absolute atomic E-state index is 0.0195. The molecule has 13 heteroatoms. The number of aromatic hydroxyl groups is 1. The smallest absolute Gasteiger partial charge is 0.328 e. The van der Waals surface area contributed by atoms with Gasteiger partial charge in [0.25, 0.3) is 0 Å². The van der Waals surface area contributed by atoms with Gasteiger partial charge in [-0.1, -0.05) is 26.0 Å². The van der Waals surface area contributed by atoms with E-state index in [-0.39, 0.29) is 37.4 Å². The highest BCUT2D eigenvalue weighted by Gasteiger charge is 2.30. The standard InChI is InChI=1S/C23H34N4O9/c1-12(2)9-16(25-20(32)15(24)7-8-19(30)31)21(33)26-17(10-13-3-5-14(29)6-4-13)22(34)27-18(11-28)23(35)36/h3-6,12,15-18,28-29H,7-11,24H2,1-2H3,(H,25,32)(H,26,33)(H,27,34)(H,30,31)(H,35,36). The van der Waals surface area contributed by atoms with Gasteiger partial charge in [0.2, 0.25) is 17.7 Å². The summed E-state index contributed by atoms with van der Waals surface area (Å²) in [7, 11) is 0. The summed E-state index contributed by atoms with van der Waals surface area (Å²) >= 11 is 0. The van der Waals surface area contributed by atoms with Crippen molar-refractivity contribution in [1.82, 2.24) is 16.0 Å². The lowest BCUT2D eigenvalue weighted by atomic mass is 10.00. The van der Waals surface area contributed by atoms with Gasteiger partial charge in [0.1, 0.15) is 23.9 Å². The molecule has 200 valence electrons. The summed E-state index contributed by atoms with van der Waals surface area (Å²) in [6, 6.07) is 0.602. The molecule has 1 aromatic rings. The van der Waals surface area contributed by atoms with Gasteiger partial charge in [0, 0.05) is 12.8 Å². The molecule has 0 radical (unpaired) electrons. The number of aliphatic carboxylic acids is 2. The number of amides is 3. The highest BCUT2D eigenvalue weighted by molar-refractivity contribution is 5.94. The number of hydrogen-bond acceptors (Lipinski definition) is 8. The molecule has 13 nitrogen and oxygen atoms in total. The van der Waals surface area contributed by atoms with Gasteiger partial charge in [0.15, 0.2) is 0 Å². The molecule has 0 spiro atoms. The van der Waals surface area contributed by atoms with E-state index in [1.165, 1.54) is 24.3 Å². The van der Waals surface area contributed by atoms with Gasteiger partial charge in [-0.15, -0.1) is 0 Å². The van der Waals surface area contributed by atoms with Gasteiger partial charge in [-0.2, -0.15) is 0 Å². The fourth-order valence-electron chi connectivity index (χ4n) is 3.20. The number of rotatable bonds is 15. The van der Waals surface area contributed by atoms with Gasteiger partial charge in [-0.3, -0.25) is 19.2 Å². The third-order valence-corrected chi connectivity index (χ3v) is 5.15. The Morgan fingerprint density at radius 2 is 1.39 bits per heavy atom. The second-order valence-corrected chi connectivity index (χ2v) is 8.74. The number of phenolic OH excluding ortho intramolecular Hbond substituents is 1. The van der Waals surface area contributed by atoms with Crippen LogP contribution in [-0.4, -0.2) is 80.9 Å². The topological polar surface area (TPSA) is 228 Å². The molecular weight excluding hydrogens is 476 g/mol. The van der Waals surface area contributed by atoms with Crippen LogP contribution in [-0.2, 0) is 30.4 Å². The van der Waals surface area contributed by atoms with Crippen LogP contribution < -0.4 is 21.7 Å². The van der Waals surface area contributed by atoms with Crippen LogP contribution in [0.5, 0.6) is 5.75 Å². The number of carbonyl (C=O) groups is 5. The monoisotopic (exact) mass is 510 g/mol. The number of carboxylic acid groups (broad SMARTS) is 2. The lowest BCUT2D eigenvalue weighted by molar-refractivity contribution is -0.143. The summed E-state index contributed by atoms with van der Waals surface area (Å²) < 4.78 is 0. The van der Waals surface area contributed by atoms with E-state index in [1.807, 2.05) is 0 Å². The lowest BCUT2D eigenvalue weighted by Crippen LogP contribution is -2.58. The van der Waals surface area contributed by atoms with E-state index in [0.717, 1.165) is 0 Å². The Morgan fingerprint density at radius 1 is 0.861 bits per heavy atom. The normalized spacial score (nSPS) is 14.2. The first kappa shape index (κ1) is 30.3. The Hall–Kier alpha value is -3.71. The minimum Gasteiger partial charge on any atom is -0.508 e. The van der Waals surface area contributed by atoms with Gasteiger partial charge >= 0.3 is 11.9 Å². The van der Waals surface area contributed by atoms with Crippen LogP contribution >= 0.6 is 0 Å². The minimum atomic E-state index is -1.60. The summed E-state index contributed by atoms with van der Waals surface area (Å²) in [5, 5.41) is 43.8. The maximum absolute atomic E-state index is 13.1. The van der Waals surface area contributed by atoms with Crippen molar-refractivity contribution in [2.75, 3.05) is 6.61 Å². The first-order valence-corrected chi connectivity index (χ1v) is 11.3. The van der Waals surface area contributed by atoms with Crippen LogP contribution in [0.4, 0.5) is 0 Å². The van der Waals surface area contributed by atoms with E-state index in [9.17, 15) is 34.2 Å². The second kappa shape index (κ2) is 14.6. The number of carboxylic acids is 2. The number of benzene rings is 1. The molecule has 0 saturated carbocycles. The third kappa shape index (κ3) is 10.7. The van der Waals surface area contributed by atoms with E-state index < -0.39 is 60.4 Å². The highest BCUT2D eigenvalue weighted by Crippen LogP contribution is 2.13. The SMILES string of the molecule is CC(C)CC(NC(=O)C(N)CCC(=O)O)C(=O)NC(Cc1ccc(O)cc1)C(=O)NC(CO)C(=O)O. The van der Waals surface area contributed by atoms with Crippen molar-refractivity contribution in [1.29, 1.82) is 0 Å². The summed E-state index contributed by atoms with van der Waals surface area (Å²) in [6.45, 7) is 2.73. The van der Waals surface area contributed by atoms with Crippen LogP contribution in [0.1, 0.15) is 38.7 Å². The Kier molecular flexibility index (Phi) is 12.3. The molecule has 0 saturated heterocycles. The number of aliphatic hydroxyl groups is 1. The molecule has 4 atom stereocenters. The predicted molar refractivity (Wildman–Crippen MR) is 127 cm³/mol. The molecule has 0 aliphatic rings. The van der Waals surface area contributed by atoms with Gasteiger partial charge in [-0.25, -0.2) is 4.79 Å². The average Bonchev–Trinajstić information content (AvgIpc) is 2.80. The Labute approximate surface area is 208 Å². The number of hydrogen-bond donors (Lipinski definition) is 8. The molecule has 3 amide bonds. The zero-order valence-electron chi connectivity index (χ0n) is 20.1. The molecule has 0 aliphatic carbocycles. The van der Waals surface area contributed by atoms with Crippen LogP contribution in [0.25, 0.3) is 0 Å². The average molecular weight is 511 g/mol. The van der Waals surface area contributed by atoms with Gasteiger partial charge in [0.05, 0.1) is 12.6 Å². The predicted octanol–water partition coefficient (Wildman–Crippen LogP) is -1.30. The summed E-state index contributed by atoms with van der Waals surface area (Å²) in [5.74, 6) is -5.03. The molecule has 1 rings (SSSR count). The number of nitrogens with two attached hydrogens (primary N) is 1. The van der Waals surface area contributed by atoms with Crippen molar-refractivity contribution in [2.24, 2.45) is 11.7 Å².